The highest BCUT2D eigenvalue weighted by Gasteiger charge is 2.16. The summed E-state index contributed by atoms with van der Waals surface area (Å²) in [5, 5.41) is 0. The molecule has 3 rings (SSSR count). The summed E-state index contributed by atoms with van der Waals surface area (Å²) in [6, 6.07) is 13.4. The molecule has 0 spiro atoms. The van der Waals surface area contributed by atoms with E-state index in [1.807, 2.05) is 0 Å². The third-order valence-electron chi connectivity index (χ3n) is 4.44. The van der Waals surface area contributed by atoms with Crippen molar-refractivity contribution in [2.75, 3.05) is 0 Å². The quantitative estimate of drug-likeness (QED) is 0.829. The summed E-state index contributed by atoms with van der Waals surface area (Å²) >= 11 is 1.80. The molecule has 1 aliphatic rings. The molecule has 0 radical (unpaired) electrons. The molecule has 2 heteroatoms. The van der Waals surface area contributed by atoms with Gasteiger partial charge in [0, 0.05) is 9.75 Å². The molecular formula is C18H23NS. The molecule has 1 heterocycles. The normalized spacial score (nSPS) is 18.1. The van der Waals surface area contributed by atoms with Crippen LogP contribution in [0.25, 0.3) is 0 Å². The van der Waals surface area contributed by atoms with Gasteiger partial charge in [0.1, 0.15) is 0 Å². The maximum atomic E-state index is 6.37. The van der Waals surface area contributed by atoms with E-state index >= 15 is 0 Å². The van der Waals surface area contributed by atoms with E-state index in [1.54, 1.807) is 11.3 Å². The van der Waals surface area contributed by atoms with Crippen LogP contribution in [-0.4, -0.2) is 0 Å². The monoisotopic (exact) mass is 285 g/mol. The lowest BCUT2D eigenvalue weighted by Crippen LogP contribution is -2.10. The maximum absolute atomic E-state index is 6.37. The number of benzene rings is 1. The minimum atomic E-state index is 0.0223. The molecule has 1 aromatic heterocycles. The third kappa shape index (κ3) is 2.97. The van der Waals surface area contributed by atoms with Gasteiger partial charge in [0.15, 0.2) is 0 Å². The van der Waals surface area contributed by atoms with Crippen LogP contribution in [0.3, 0.4) is 0 Å². The molecule has 0 bridgehead atoms. The topological polar surface area (TPSA) is 26.0 Å². The first kappa shape index (κ1) is 13.8. The second kappa shape index (κ2) is 6.11. The standard InChI is InChI=1S/C18H23NS/c1-13-7-12-17(20-13)18(19)16-10-8-15(9-11-16)14-5-3-2-4-6-14/h7-12,14,18H,2-6,19H2,1H3. The van der Waals surface area contributed by atoms with Crippen LogP contribution in [0.1, 0.15) is 64.9 Å². The molecule has 1 unspecified atom stereocenters. The zero-order valence-electron chi connectivity index (χ0n) is 12.1. The van der Waals surface area contributed by atoms with Crippen LogP contribution in [0.5, 0.6) is 0 Å². The Morgan fingerprint density at radius 1 is 1.00 bits per heavy atom. The Morgan fingerprint density at radius 3 is 2.30 bits per heavy atom. The first-order chi connectivity index (χ1) is 9.74. The number of hydrogen-bond acceptors (Lipinski definition) is 2. The van der Waals surface area contributed by atoms with E-state index in [9.17, 15) is 0 Å². The second-order valence-corrected chi connectivity index (χ2v) is 7.25. The molecule has 0 aliphatic heterocycles. The predicted molar refractivity (Wildman–Crippen MR) is 87.4 cm³/mol. The van der Waals surface area contributed by atoms with E-state index in [-0.39, 0.29) is 6.04 Å². The average molecular weight is 285 g/mol. The fourth-order valence-corrected chi connectivity index (χ4v) is 4.10. The van der Waals surface area contributed by atoms with Gasteiger partial charge < -0.3 is 5.73 Å². The van der Waals surface area contributed by atoms with Crippen molar-refractivity contribution in [3.63, 3.8) is 0 Å². The number of nitrogens with two attached hydrogens (primary N) is 1. The predicted octanol–water partition coefficient (Wildman–Crippen LogP) is 5.15. The zero-order chi connectivity index (χ0) is 13.9. The largest absolute Gasteiger partial charge is 0.320 e. The van der Waals surface area contributed by atoms with E-state index in [4.69, 9.17) is 5.73 Å². The van der Waals surface area contributed by atoms with Crippen molar-refractivity contribution < 1.29 is 0 Å². The van der Waals surface area contributed by atoms with Gasteiger partial charge in [-0.05, 0) is 48.9 Å². The highest BCUT2D eigenvalue weighted by atomic mass is 32.1. The number of thiophene rings is 1. The highest BCUT2D eigenvalue weighted by molar-refractivity contribution is 7.12. The van der Waals surface area contributed by atoms with Gasteiger partial charge in [0.05, 0.1) is 6.04 Å². The Kier molecular flexibility index (Phi) is 4.23. The summed E-state index contributed by atoms with van der Waals surface area (Å²) in [6.07, 6.45) is 6.91. The molecule has 1 aliphatic carbocycles. The van der Waals surface area contributed by atoms with E-state index in [0.29, 0.717) is 0 Å². The lowest BCUT2D eigenvalue weighted by molar-refractivity contribution is 0.443. The van der Waals surface area contributed by atoms with Gasteiger partial charge in [-0.3, -0.25) is 0 Å². The second-order valence-electron chi connectivity index (χ2n) is 5.93. The summed E-state index contributed by atoms with van der Waals surface area (Å²) < 4.78 is 0. The van der Waals surface area contributed by atoms with Crippen molar-refractivity contribution in [3.05, 3.63) is 57.3 Å². The molecule has 1 nitrogen and oxygen atoms in total. The van der Waals surface area contributed by atoms with Crippen molar-refractivity contribution in [1.29, 1.82) is 0 Å². The Hall–Kier alpha value is -1.12. The smallest absolute Gasteiger partial charge is 0.0646 e. The fourth-order valence-electron chi connectivity index (χ4n) is 3.20. The van der Waals surface area contributed by atoms with Crippen molar-refractivity contribution in [3.8, 4) is 0 Å². The minimum Gasteiger partial charge on any atom is -0.320 e. The van der Waals surface area contributed by atoms with Crippen LogP contribution < -0.4 is 5.73 Å². The Balaban J connectivity index is 1.75. The fraction of sp³-hybridized carbons (Fsp3) is 0.444. The van der Waals surface area contributed by atoms with Gasteiger partial charge in [-0.15, -0.1) is 11.3 Å². The van der Waals surface area contributed by atoms with Gasteiger partial charge in [-0.25, -0.2) is 0 Å². The van der Waals surface area contributed by atoms with Crippen LogP contribution in [0.4, 0.5) is 0 Å². The first-order valence-electron chi connectivity index (χ1n) is 7.66. The molecule has 0 saturated heterocycles. The molecule has 1 fully saturated rings. The zero-order valence-corrected chi connectivity index (χ0v) is 13.0. The first-order valence-corrected chi connectivity index (χ1v) is 8.47. The van der Waals surface area contributed by atoms with E-state index in [0.717, 1.165) is 5.92 Å². The van der Waals surface area contributed by atoms with Gasteiger partial charge in [0.2, 0.25) is 0 Å². The van der Waals surface area contributed by atoms with Crippen LogP contribution in [0.15, 0.2) is 36.4 Å². The van der Waals surface area contributed by atoms with Crippen LogP contribution in [0, 0.1) is 6.92 Å². The van der Waals surface area contributed by atoms with Crippen LogP contribution >= 0.6 is 11.3 Å². The molecule has 2 aromatic rings. The lowest BCUT2D eigenvalue weighted by atomic mass is 9.83. The SMILES string of the molecule is Cc1ccc(C(N)c2ccc(C3CCCCC3)cc2)s1. The van der Waals surface area contributed by atoms with E-state index in [2.05, 4.69) is 43.3 Å². The third-order valence-corrected chi connectivity index (χ3v) is 5.52. The number of hydrogen-bond donors (Lipinski definition) is 1. The molecule has 0 amide bonds. The summed E-state index contributed by atoms with van der Waals surface area (Å²) in [5.41, 5.74) is 9.10. The summed E-state index contributed by atoms with van der Waals surface area (Å²) in [7, 11) is 0. The molecular weight excluding hydrogens is 262 g/mol. The van der Waals surface area contributed by atoms with E-state index in [1.165, 1.54) is 53.0 Å². The molecule has 106 valence electrons. The highest BCUT2D eigenvalue weighted by Crippen LogP contribution is 2.33. The maximum Gasteiger partial charge on any atom is 0.0646 e. The summed E-state index contributed by atoms with van der Waals surface area (Å²) in [4.78, 5) is 2.59. The van der Waals surface area contributed by atoms with Crippen molar-refractivity contribution in [1.82, 2.24) is 0 Å². The Bertz CT molecular complexity index is 549. The molecule has 20 heavy (non-hydrogen) atoms. The van der Waals surface area contributed by atoms with Gasteiger partial charge in [-0.1, -0.05) is 43.5 Å². The molecule has 2 N–H and O–H groups in total. The van der Waals surface area contributed by atoms with Crippen molar-refractivity contribution in [2.24, 2.45) is 5.73 Å². The Labute approximate surface area is 125 Å². The average Bonchev–Trinajstić information content (AvgIpc) is 2.94. The minimum absolute atomic E-state index is 0.0223. The molecule has 1 saturated carbocycles. The van der Waals surface area contributed by atoms with Crippen LogP contribution in [-0.2, 0) is 0 Å². The van der Waals surface area contributed by atoms with E-state index < -0.39 is 0 Å². The number of rotatable bonds is 3. The molecule has 1 aromatic carbocycles. The lowest BCUT2D eigenvalue weighted by Gasteiger charge is -2.22. The molecule has 1 atom stereocenters. The van der Waals surface area contributed by atoms with Crippen LogP contribution in [0.2, 0.25) is 0 Å². The summed E-state index contributed by atoms with van der Waals surface area (Å²) in [5.74, 6) is 0.776. The van der Waals surface area contributed by atoms with Gasteiger partial charge in [-0.2, -0.15) is 0 Å². The Morgan fingerprint density at radius 2 is 1.70 bits per heavy atom. The van der Waals surface area contributed by atoms with Crippen molar-refractivity contribution in [2.45, 2.75) is 51.0 Å². The van der Waals surface area contributed by atoms with Gasteiger partial charge in [0.25, 0.3) is 0 Å². The number of aryl methyl sites for hydroxylation is 1. The summed E-state index contributed by atoms with van der Waals surface area (Å²) in [6.45, 7) is 2.13. The van der Waals surface area contributed by atoms with Gasteiger partial charge >= 0.3 is 0 Å². The van der Waals surface area contributed by atoms with Crippen molar-refractivity contribution >= 4 is 11.3 Å².